The molecule has 17 heavy (non-hydrogen) atoms. The number of carbonyl (C=O) groups is 1. The van der Waals surface area contributed by atoms with Crippen LogP contribution >= 0.6 is 23.2 Å². The van der Waals surface area contributed by atoms with Gasteiger partial charge in [-0.15, -0.1) is 0 Å². The van der Waals surface area contributed by atoms with E-state index in [9.17, 15) is 4.79 Å². The number of anilines is 1. The van der Waals surface area contributed by atoms with E-state index in [4.69, 9.17) is 23.2 Å². The number of amides is 1. The number of carbonyl (C=O) groups excluding carboxylic acids is 1. The smallest absolute Gasteiger partial charge is 0.241 e. The highest BCUT2D eigenvalue weighted by atomic mass is 35.5. The topological polar surface area (TPSA) is 32.3 Å². The van der Waals surface area contributed by atoms with Crippen molar-refractivity contribution in [1.82, 2.24) is 4.90 Å². The molecule has 5 heteroatoms. The van der Waals surface area contributed by atoms with Crippen LogP contribution in [-0.4, -0.2) is 30.4 Å². The van der Waals surface area contributed by atoms with Crippen LogP contribution in [0.5, 0.6) is 0 Å². The highest BCUT2D eigenvalue weighted by Crippen LogP contribution is 2.26. The Hall–Kier alpha value is -0.930. The quantitative estimate of drug-likeness (QED) is 0.914. The van der Waals surface area contributed by atoms with Crippen LogP contribution in [0.15, 0.2) is 18.2 Å². The van der Waals surface area contributed by atoms with Gasteiger partial charge in [0.15, 0.2) is 0 Å². The Bertz CT molecular complexity index is 433. The molecule has 0 spiro atoms. The van der Waals surface area contributed by atoms with Crippen LogP contribution in [-0.2, 0) is 4.79 Å². The molecule has 1 aliphatic rings. The Morgan fingerprint density at radius 1 is 1.41 bits per heavy atom. The van der Waals surface area contributed by atoms with Gasteiger partial charge >= 0.3 is 0 Å². The van der Waals surface area contributed by atoms with Gasteiger partial charge in [-0.3, -0.25) is 4.79 Å². The Kier molecular flexibility index (Phi) is 3.79. The molecule has 1 N–H and O–H groups in total. The molecule has 0 heterocycles. The first kappa shape index (κ1) is 12.5. The van der Waals surface area contributed by atoms with Crippen molar-refractivity contribution in [3.8, 4) is 0 Å². The Balaban J connectivity index is 1.88. The van der Waals surface area contributed by atoms with Crippen molar-refractivity contribution in [3.05, 3.63) is 28.2 Å². The summed E-state index contributed by atoms with van der Waals surface area (Å²) in [5.74, 6) is 0.0959. The molecular formula is C12H14Cl2N2O. The van der Waals surface area contributed by atoms with E-state index >= 15 is 0 Å². The van der Waals surface area contributed by atoms with Crippen LogP contribution in [0.4, 0.5) is 5.69 Å². The second kappa shape index (κ2) is 5.15. The maximum atomic E-state index is 11.8. The van der Waals surface area contributed by atoms with Crippen LogP contribution in [0.25, 0.3) is 0 Å². The van der Waals surface area contributed by atoms with Crippen molar-refractivity contribution >= 4 is 34.8 Å². The summed E-state index contributed by atoms with van der Waals surface area (Å²) in [4.78, 5) is 13.6. The van der Waals surface area contributed by atoms with Crippen molar-refractivity contribution in [3.63, 3.8) is 0 Å². The standard InChI is InChI=1S/C12H14Cl2N2O/c1-16(9-3-4-9)12(17)7-15-8-2-5-10(13)11(14)6-8/h2,5-6,9,15H,3-4,7H2,1H3. The molecule has 0 aromatic heterocycles. The minimum Gasteiger partial charge on any atom is -0.376 e. The zero-order valence-electron chi connectivity index (χ0n) is 9.54. The summed E-state index contributed by atoms with van der Waals surface area (Å²) in [6.07, 6.45) is 2.24. The second-order valence-corrected chi connectivity index (χ2v) is 5.03. The summed E-state index contributed by atoms with van der Waals surface area (Å²) in [7, 11) is 1.84. The first-order chi connectivity index (χ1) is 8.08. The molecule has 3 nitrogen and oxygen atoms in total. The summed E-state index contributed by atoms with van der Waals surface area (Å²) in [6.45, 7) is 0.283. The summed E-state index contributed by atoms with van der Waals surface area (Å²) < 4.78 is 0. The van der Waals surface area contributed by atoms with E-state index in [0.717, 1.165) is 18.5 Å². The lowest BCUT2D eigenvalue weighted by atomic mass is 10.3. The SMILES string of the molecule is CN(C(=O)CNc1ccc(Cl)c(Cl)c1)C1CC1. The van der Waals surface area contributed by atoms with Crippen LogP contribution in [0.2, 0.25) is 10.0 Å². The highest BCUT2D eigenvalue weighted by molar-refractivity contribution is 6.42. The Labute approximate surface area is 111 Å². The predicted octanol–water partition coefficient (Wildman–Crippen LogP) is 3.03. The maximum absolute atomic E-state index is 11.8. The lowest BCUT2D eigenvalue weighted by molar-refractivity contribution is -0.128. The van der Waals surface area contributed by atoms with Gasteiger partial charge in [-0.2, -0.15) is 0 Å². The van der Waals surface area contributed by atoms with Crippen LogP contribution in [0.3, 0.4) is 0 Å². The molecule has 0 saturated heterocycles. The summed E-state index contributed by atoms with van der Waals surface area (Å²) in [5.41, 5.74) is 0.803. The molecule has 2 rings (SSSR count). The monoisotopic (exact) mass is 272 g/mol. The molecule has 1 aliphatic carbocycles. The van der Waals surface area contributed by atoms with Gasteiger partial charge in [-0.1, -0.05) is 23.2 Å². The third-order valence-corrected chi connectivity index (χ3v) is 3.59. The van der Waals surface area contributed by atoms with Crippen molar-refractivity contribution in [2.75, 3.05) is 18.9 Å². The first-order valence-electron chi connectivity index (χ1n) is 5.52. The van der Waals surface area contributed by atoms with Gasteiger partial charge in [0.25, 0.3) is 0 Å². The predicted molar refractivity (Wildman–Crippen MR) is 70.7 cm³/mol. The van der Waals surface area contributed by atoms with E-state index in [1.807, 2.05) is 7.05 Å². The van der Waals surface area contributed by atoms with E-state index in [1.165, 1.54) is 0 Å². The van der Waals surface area contributed by atoms with Gasteiger partial charge in [-0.05, 0) is 31.0 Å². The van der Waals surface area contributed by atoms with Gasteiger partial charge in [0.05, 0.1) is 16.6 Å². The van der Waals surface area contributed by atoms with E-state index < -0.39 is 0 Å². The van der Waals surface area contributed by atoms with E-state index in [1.54, 1.807) is 23.1 Å². The highest BCUT2D eigenvalue weighted by Gasteiger charge is 2.29. The Morgan fingerprint density at radius 3 is 2.71 bits per heavy atom. The summed E-state index contributed by atoms with van der Waals surface area (Å²) >= 11 is 11.7. The normalized spacial score (nSPS) is 14.5. The molecule has 1 aromatic rings. The molecule has 1 fully saturated rings. The largest absolute Gasteiger partial charge is 0.376 e. The van der Waals surface area contributed by atoms with Gasteiger partial charge in [0.2, 0.25) is 5.91 Å². The number of rotatable bonds is 4. The third kappa shape index (κ3) is 3.27. The summed E-state index contributed by atoms with van der Waals surface area (Å²) in [5, 5.41) is 4.04. The van der Waals surface area contributed by atoms with Crippen LogP contribution < -0.4 is 5.32 Å². The van der Waals surface area contributed by atoms with Crippen LogP contribution in [0, 0.1) is 0 Å². The number of nitrogens with zero attached hydrogens (tertiary/aromatic N) is 1. The number of halogens is 2. The molecule has 0 atom stereocenters. The lowest BCUT2D eigenvalue weighted by Crippen LogP contribution is -2.33. The lowest BCUT2D eigenvalue weighted by Gasteiger charge is -2.17. The summed E-state index contributed by atoms with van der Waals surface area (Å²) in [6, 6.07) is 5.67. The molecular weight excluding hydrogens is 259 g/mol. The zero-order valence-corrected chi connectivity index (χ0v) is 11.1. The molecule has 1 amide bonds. The minimum atomic E-state index is 0.0959. The fourth-order valence-corrected chi connectivity index (χ4v) is 1.87. The van der Waals surface area contributed by atoms with Crippen molar-refractivity contribution in [1.29, 1.82) is 0 Å². The average Bonchev–Trinajstić information content (AvgIpc) is 3.13. The second-order valence-electron chi connectivity index (χ2n) is 4.22. The van der Waals surface area contributed by atoms with Gasteiger partial charge in [0.1, 0.15) is 0 Å². The maximum Gasteiger partial charge on any atom is 0.241 e. The zero-order chi connectivity index (χ0) is 12.4. The molecule has 0 aliphatic heterocycles. The molecule has 0 bridgehead atoms. The number of hydrogen-bond acceptors (Lipinski definition) is 2. The number of hydrogen-bond donors (Lipinski definition) is 1. The number of benzene rings is 1. The van der Waals surface area contributed by atoms with E-state index in [0.29, 0.717) is 16.1 Å². The number of nitrogens with one attached hydrogen (secondary N) is 1. The van der Waals surface area contributed by atoms with E-state index in [2.05, 4.69) is 5.32 Å². The van der Waals surface area contributed by atoms with Gasteiger partial charge in [0, 0.05) is 18.8 Å². The molecule has 92 valence electrons. The molecule has 1 aromatic carbocycles. The van der Waals surface area contributed by atoms with E-state index in [-0.39, 0.29) is 12.5 Å². The Morgan fingerprint density at radius 2 is 2.12 bits per heavy atom. The molecule has 1 saturated carbocycles. The molecule has 0 radical (unpaired) electrons. The van der Waals surface area contributed by atoms with Crippen LogP contribution in [0.1, 0.15) is 12.8 Å². The fraction of sp³-hybridized carbons (Fsp3) is 0.417. The van der Waals surface area contributed by atoms with Crippen molar-refractivity contribution < 1.29 is 4.79 Å². The fourth-order valence-electron chi connectivity index (χ4n) is 1.57. The molecule has 0 unspecified atom stereocenters. The van der Waals surface area contributed by atoms with Gasteiger partial charge in [-0.25, -0.2) is 0 Å². The third-order valence-electron chi connectivity index (χ3n) is 2.85. The minimum absolute atomic E-state index is 0.0959. The average molecular weight is 273 g/mol. The van der Waals surface area contributed by atoms with Gasteiger partial charge < -0.3 is 10.2 Å². The van der Waals surface area contributed by atoms with Crippen molar-refractivity contribution in [2.24, 2.45) is 0 Å². The first-order valence-corrected chi connectivity index (χ1v) is 6.28. The number of likely N-dealkylation sites (N-methyl/N-ethyl adjacent to an activating group) is 1. The van der Waals surface area contributed by atoms with Crippen molar-refractivity contribution in [2.45, 2.75) is 18.9 Å².